The maximum absolute atomic E-state index is 4.74. The molecule has 4 aromatic rings. The van der Waals surface area contributed by atoms with Gasteiger partial charge in [-0.25, -0.2) is 4.98 Å². The van der Waals surface area contributed by atoms with Crippen molar-refractivity contribution >= 4 is 28.1 Å². The first-order valence-corrected chi connectivity index (χ1v) is 8.37. The number of aromatic nitrogens is 3. The van der Waals surface area contributed by atoms with E-state index in [1.807, 2.05) is 40.9 Å². The Bertz CT molecular complexity index is 1090. The van der Waals surface area contributed by atoms with Crippen molar-refractivity contribution in [3.63, 3.8) is 0 Å². The molecule has 0 aliphatic heterocycles. The number of aryl methyl sites for hydroxylation is 1. The second-order valence-electron chi connectivity index (χ2n) is 6.46. The Labute approximate surface area is 146 Å². The number of rotatable bonds is 3. The predicted molar refractivity (Wildman–Crippen MR) is 99.9 cm³/mol. The van der Waals surface area contributed by atoms with Gasteiger partial charge in [-0.15, -0.1) is 10.2 Å². The van der Waals surface area contributed by atoms with E-state index in [1.165, 1.54) is 5.56 Å². The molecule has 0 amide bonds. The molecular weight excluding hydrogens is 310 g/mol. The van der Waals surface area contributed by atoms with Gasteiger partial charge in [0.2, 0.25) is 0 Å². The smallest absolute Gasteiger partial charge is 0.183 e. The van der Waals surface area contributed by atoms with Crippen molar-refractivity contribution < 1.29 is 0 Å². The molecule has 3 heterocycles. The van der Waals surface area contributed by atoms with Crippen LogP contribution in [-0.4, -0.2) is 14.4 Å². The van der Waals surface area contributed by atoms with E-state index in [2.05, 4.69) is 48.1 Å². The maximum atomic E-state index is 4.74. The van der Waals surface area contributed by atoms with Gasteiger partial charge < -0.3 is 0 Å². The molecule has 1 aromatic carbocycles. The molecule has 0 saturated heterocycles. The summed E-state index contributed by atoms with van der Waals surface area (Å²) >= 11 is 0. The summed E-state index contributed by atoms with van der Waals surface area (Å²) in [5, 5.41) is 10.1. The van der Waals surface area contributed by atoms with Crippen molar-refractivity contribution in [2.75, 3.05) is 0 Å². The Hall–Kier alpha value is -3.08. The van der Waals surface area contributed by atoms with Crippen LogP contribution in [0.2, 0.25) is 0 Å². The van der Waals surface area contributed by atoms with Gasteiger partial charge in [-0.05, 0) is 42.7 Å². The number of imidazole rings is 1. The topological polar surface area (TPSA) is 54.9 Å². The Kier molecular flexibility index (Phi) is 3.76. The summed E-state index contributed by atoms with van der Waals surface area (Å²) in [6.45, 7) is 6.30. The molecule has 5 heteroatoms. The number of fused-ring (bicyclic) bond motifs is 2. The molecule has 0 saturated carbocycles. The number of para-hydroxylation sites is 1. The van der Waals surface area contributed by atoms with Gasteiger partial charge in [0.15, 0.2) is 5.82 Å². The van der Waals surface area contributed by atoms with E-state index in [0.29, 0.717) is 0 Å². The van der Waals surface area contributed by atoms with E-state index in [4.69, 9.17) is 4.98 Å². The standard InChI is InChI=1S/C20H19N5/c1-13(2)18-20(25-11-9-14(3)12-17(25)22-18)24-23-16-8-4-6-15-7-5-10-21-19(15)16/h4-13H,1-3H3. The zero-order chi connectivity index (χ0) is 17.4. The normalized spacial score (nSPS) is 12.0. The number of benzene rings is 1. The van der Waals surface area contributed by atoms with Crippen LogP contribution >= 0.6 is 0 Å². The third kappa shape index (κ3) is 2.78. The van der Waals surface area contributed by atoms with Crippen LogP contribution in [0.15, 0.2) is 65.1 Å². The second kappa shape index (κ2) is 6.09. The van der Waals surface area contributed by atoms with Gasteiger partial charge >= 0.3 is 0 Å². The van der Waals surface area contributed by atoms with E-state index in [0.717, 1.165) is 33.7 Å². The second-order valence-corrected chi connectivity index (χ2v) is 6.46. The largest absolute Gasteiger partial charge is 0.283 e. The molecule has 0 radical (unpaired) electrons. The zero-order valence-corrected chi connectivity index (χ0v) is 14.5. The number of nitrogens with zero attached hydrogens (tertiary/aromatic N) is 5. The Morgan fingerprint density at radius 1 is 1.04 bits per heavy atom. The van der Waals surface area contributed by atoms with Gasteiger partial charge in [-0.2, -0.15) is 0 Å². The SMILES string of the molecule is Cc1ccn2c(N=Nc3cccc4cccnc34)c(C(C)C)nc2c1. The van der Waals surface area contributed by atoms with Gasteiger partial charge in [0, 0.05) is 17.8 Å². The lowest BCUT2D eigenvalue weighted by atomic mass is 10.1. The molecule has 0 aliphatic rings. The Morgan fingerprint density at radius 3 is 2.72 bits per heavy atom. The lowest BCUT2D eigenvalue weighted by Crippen LogP contribution is -1.87. The van der Waals surface area contributed by atoms with Crippen molar-refractivity contribution in [3.8, 4) is 0 Å². The quantitative estimate of drug-likeness (QED) is 0.451. The lowest BCUT2D eigenvalue weighted by molar-refractivity contribution is 0.831. The number of azo groups is 1. The summed E-state index contributed by atoms with van der Waals surface area (Å²) in [5.41, 5.74) is 4.63. The summed E-state index contributed by atoms with van der Waals surface area (Å²) < 4.78 is 1.99. The van der Waals surface area contributed by atoms with E-state index >= 15 is 0 Å². The highest BCUT2D eigenvalue weighted by Crippen LogP contribution is 2.31. The highest BCUT2D eigenvalue weighted by molar-refractivity contribution is 5.88. The van der Waals surface area contributed by atoms with Crippen molar-refractivity contribution in [2.24, 2.45) is 10.2 Å². The van der Waals surface area contributed by atoms with E-state index in [-0.39, 0.29) is 5.92 Å². The third-order valence-corrected chi connectivity index (χ3v) is 4.19. The molecule has 0 fully saturated rings. The van der Waals surface area contributed by atoms with Crippen LogP contribution in [0, 0.1) is 6.92 Å². The molecule has 5 nitrogen and oxygen atoms in total. The molecule has 0 unspecified atom stereocenters. The first-order chi connectivity index (χ1) is 12.1. The van der Waals surface area contributed by atoms with Gasteiger partial charge in [-0.1, -0.05) is 32.0 Å². The van der Waals surface area contributed by atoms with E-state index < -0.39 is 0 Å². The number of hydrogen-bond donors (Lipinski definition) is 0. The summed E-state index contributed by atoms with van der Waals surface area (Å²) in [4.78, 5) is 9.18. The van der Waals surface area contributed by atoms with Crippen molar-refractivity contribution in [3.05, 3.63) is 66.1 Å². The fourth-order valence-corrected chi connectivity index (χ4v) is 2.91. The monoisotopic (exact) mass is 329 g/mol. The molecule has 124 valence electrons. The Morgan fingerprint density at radius 2 is 1.88 bits per heavy atom. The fraction of sp³-hybridized carbons (Fsp3) is 0.200. The molecular formula is C20H19N5. The minimum absolute atomic E-state index is 0.264. The average Bonchev–Trinajstić information content (AvgIpc) is 2.97. The minimum Gasteiger partial charge on any atom is -0.283 e. The first-order valence-electron chi connectivity index (χ1n) is 8.37. The molecule has 0 atom stereocenters. The highest BCUT2D eigenvalue weighted by Gasteiger charge is 2.15. The first kappa shape index (κ1) is 15.4. The summed E-state index contributed by atoms with van der Waals surface area (Å²) in [6, 6.07) is 14.0. The highest BCUT2D eigenvalue weighted by atomic mass is 15.2. The van der Waals surface area contributed by atoms with E-state index in [1.54, 1.807) is 6.20 Å². The van der Waals surface area contributed by atoms with Crippen molar-refractivity contribution in [2.45, 2.75) is 26.7 Å². The van der Waals surface area contributed by atoms with Crippen molar-refractivity contribution in [1.29, 1.82) is 0 Å². The van der Waals surface area contributed by atoms with Crippen molar-refractivity contribution in [1.82, 2.24) is 14.4 Å². The van der Waals surface area contributed by atoms with Crippen LogP contribution in [0.25, 0.3) is 16.6 Å². The third-order valence-electron chi connectivity index (χ3n) is 4.19. The fourth-order valence-electron chi connectivity index (χ4n) is 2.91. The van der Waals surface area contributed by atoms with Gasteiger partial charge in [-0.3, -0.25) is 9.38 Å². The number of pyridine rings is 2. The molecule has 25 heavy (non-hydrogen) atoms. The summed E-state index contributed by atoms with van der Waals surface area (Å²) in [7, 11) is 0. The van der Waals surface area contributed by atoms with Crippen LogP contribution in [0.5, 0.6) is 0 Å². The number of hydrogen-bond acceptors (Lipinski definition) is 4. The van der Waals surface area contributed by atoms with Crippen LogP contribution < -0.4 is 0 Å². The molecule has 0 spiro atoms. The van der Waals surface area contributed by atoms with Gasteiger partial charge in [0.05, 0.1) is 11.2 Å². The predicted octanol–water partition coefficient (Wildman–Crippen LogP) is 5.73. The van der Waals surface area contributed by atoms with E-state index in [9.17, 15) is 0 Å². The molecule has 0 aliphatic carbocycles. The average molecular weight is 329 g/mol. The molecule has 4 rings (SSSR count). The lowest BCUT2D eigenvalue weighted by Gasteiger charge is -2.03. The summed E-state index contributed by atoms with van der Waals surface area (Å²) in [6.07, 6.45) is 3.77. The van der Waals surface area contributed by atoms with Crippen LogP contribution in [0.4, 0.5) is 11.5 Å². The summed E-state index contributed by atoms with van der Waals surface area (Å²) in [5.74, 6) is 1.04. The van der Waals surface area contributed by atoms with Crippen LogP contribution in [0.1, 0.15) is 31.0 Å². The zero-order valence-electron chi connectivity index (χ0n) is 14.5. The van der Waals surface area contributed by atoms with Gasteiger partial charge in [0.1, 0.15) is 11.3 Å². The molecule has 3 aromatic heterocycles. The minimum atomic E-state index is 0.264. The van der Waals surface area contributed by atoms with Crippen LogP contribution in [-0.2, 0) is 0 Å². The van der Waals surface area contributed by atoms with Crippen LogP contribution in [0.3, 0.4) is 0 Å². The van der Waals surface area contributed by atoms with Gasteiger partial charge in [0.25, 0.3) is 0 Å². The Balaban J connectivity index is 1.87. The molecule has 0 bridgehead atoms. The molecule has 0 N–H and O–H groups in total. The maximum Gasteiger partial charge on any atom is 0.183 e.